The molecule has 0 spiro atoms. The van der Waals surface area contributed by atoms with Gasteiger partial charge in [0.05, 0.1) is 31.2 Å². The average Bonchev–Trinajstić information content (AvgIpc) is 3.03. The molecule has 108 valence electrons. The Bertz CT molecular complexity index is 693. The molecule has 2 aromatic rings. The fourth-order valence-corrected chi connectivity index (χ4v) is 3.19. The Labute approximate surface area is 120 Å². The van der Waals surface area contributed by atoms with Crippen molar-refractivity contribution in [3.05, 3.63) is 22.5 Å². The Morgan fingerprint density at radius 2 is 2.45 bits per heavy atom. The zero-order valence-electron chi connectivity index (χ0n) is 10.8. The predicted molar refractivity (Wildman–Crippen MR) is 74.8 cm³/mol. The van der Waals surface area contributed by atoms with Crippen molar-refractivity contribution in [2.45, 2.75) is 19.3 Å². The molecular weight excluding hydrogens is 300 g/mol. The number of hydrogen-bond acceptors (Lipinski definition) is 6. The van der Waals surface area contributed by atoms with Gasteiger partial charge in [-0.3, -0.25) is 0 Å². The molecule has 0 fully saturated rings. The van der Waals surface area contributed by atoms with Crippen molar-refractivity contribution in [2.75, 3.05) is 12.8 Å². The Hall–Kier alpha value is -1.29. The quantitative estimate of drug-likeness (QED) is 0.886. The number of aromatic nitrogens is 3. The summed E-state index contributed by atoms with van der Waals surface area (Å²) in [6.07, 6.45) is 0.903. The van der Waals surface area contributed by atoms with Gasteiger partial charge in [-0.1, -0.05) is 5.21 Å². The molecule has 9 heteroatoms. The predicted octanol–water partition coefficient (Wildman–Crippen LogP) is 0.455. The Kier molecular flexibility index (Phi) is 3.59. The summed E-state index contributed by atoms with van der Waals surface area (Å²) in [5.41, 5.74) is 2.80. The van der Waals surface area contributed by atoms with E-state index in [1.54, 1.807) is 16.0 Å². The van der Waals surface area contributed by atoms with Gasteiger partial charge in [-0.05, 0) is 11.4 Å². The second-order valence-corrected chi connectivity index (χ2v) is 7.25. The summed E-state index contributed by atoms with van der Waals surface area (Å²) in [6.45, 7) is 1.12. The van der Waals surface area contributed by atoms with Gasteiger partial charge in [0, 0.05) is 17.5 Å². The third-order valence-electron chi connectivity index (χ3n) is 3.04. The molecule has 2 aromatic heterocycles. The Balaban J connectivity index is 1.74. The van der Waals surface area contributed by atoms with Gasteiger partial charge in [-0.15, -0.1) is 5.10 Å². The van der Waals surface area contributed by atoms with E-state index in [1.807, 2.05) is 16.8 Å². The SMILES string of the molecule is CS(=O)(=O)NCC1Cn2nnc(-c3ccsc3)c2CO1. The van der Waals surface area contributed by atoms with Crippen molar-refractivity contribution < 1.29 is 13.2 Å². The van der Waals surface area contributed by atoms with Crippen molar-refractivity contribution >= 4 is 21.4 Å². The number of nitrogens with one attached hydrogen (secondary N) is 1. The van der Waals surface area contributed by atoms with E-state index in [0.717, 1.165) is 23.2 Å². The van der Waals surface area contributed by atoms with E-state index in [9.17, 15) is 8.42 Å². The number of sulfonamides is 1. The van der Waals surface area contributed by atoms with Crippen LogP contribution in [-0.4, -0.2) is 42.3 Å². The molecule has 0 aliphatic carbocycles. The monoisotopic (exact) mass is 314 g/mol. The number of hydrogen-bond donors (Lipinski definition) is 1. The molecule has 0 aromatic carbocycles. The molecule has 0 saturated heterocycles. The third-order valence-corrected chi connectivity index (χ3v) is 4.41. The van der Waals surface area contributed by atoms with E-state index in [2.05, 4.69) is 15.0 Å². The first-order chi connectivity index (χ1) is 9.53. The normalized spacial score (nSPS) is 18.9. The maximum Gasteiger partial charge on any atom is 0.208 e. The van der Waals surface area contributed by atoms with Crippen molar-refractivity contribution in [3.63, 3.8) is 0 Å². The van der Waals surface area contributed by atoms with Crippen LogP contribution in [0, 0.1) is 0 Å². The Morgan fingerprint density at radius 3 is 3.15 bits per heavy atom. The van der Waals surface area contributed by atoms with Crippen LogP contribution >= 0.6 is 11.3 Å². The molecule has 0 bridgehead atoms. The highest BCUT2D eigenvalue weighted by Gasteiger charge is 2.24. The summed E-state index contributed by atoms with van der Waals surface area (Å²) in [5, 5.41) is 12.3. The molecule has 1 unspecified atom stereocenters. The molecule has 20 heavy (non-hydrogen) atoms. The van der Waals surface area contributed by atoms with E-state index in [1.165, 1.54) is 0 Å². The van der Waals surface area contributed by atoms with Crippen LogP contribution in [0.1, 0.15) is 5.69 Å². The molecule has 3 heterocycles. The minimum absolute atomic E-state index is 0.228. The lowest BCUT2D eigenvalue weighted by atomic mass is 10.2. The van der Waals surface area contributed by atoms with Crippen molar-refractivity contribution in [2.24, 2.45) is 0 Å². The highest BCUT2D eigenvalue weighted by Crippen LogP contribution is 2.26. The number of ether oxygens (including phenoxy) is 1. The summed E-state index contributed by atoms with van der Waals surface area (Å²) in [7, 11) is -3.21. The number of nitrogens with zero attached hydrogens (tertiary/aromatic N) is 3. The lowest BCUT2D eigenvalue weighted by Gasteiger charge is -2.23. The summed E-state index contributed by atoms with van der Waals surface area (Å²) < 4.78 is 32.1. The second kappa shape index (κ2) is 5.24. The number of thiophene rings is 1. The van der Waals surface area contributed by atoms with Crippen LogP contribution < -0.4 is 4.72 Å². The van der Waals surface area contributed by atoms with Crippen molar-refractivity contribution in [1.82, 2.24) is 19.7 Å². The van der Waals surface area contributed by atoms with E-state index in [-0.39, 0.29) is 12.6 Å². The molecule has 7 nitrogen and oxygen atoms in total. The van der Waals surface area contributed by atoms with Crippen LogP contribution in [0.15, 0.2) is 16.8 Å². The summed E-state index contributed by atoms with van der Waals surface area (Å²) in [4.78, 5) is 0. The van der Waals surface area contributed by atoms with Crippen molar-refractivity contribution in [3.8, 4) is 11.3 Å². The molecule has 1 aliphatic heterocycles. The molecule has 1 atom stereocenters. The van der Waals surface area contributed by atoms with Gasteiger partial charge in [-0.2, -0.15) is 11.3 Å². The van der Waals surface area contributed by atoms with Gasteiger partial charge in [0.2, 0.25) is 10.0 Å². The third kappa shape index (κ3) is 2.90. The van der Waals surface area contributed by atoms with Gasteiger partial charge in [0.15, 0.2) is 0 Å². The highest BCUT2D eigenvalue weighted by atomic mass is 32.2. The summed E-state index contributed by atoms with van der Waals surface area (Å²) >= 11 is 1.61. The first-order valence-electron chi connectivity index (χ1n) is 6.04. The minimum atomic E-state index is -3.21. The smallest absolute Gasteiger partial charge is 0.208 e. The van der Waals surface area contributed by atoms with E-state index < -0.39 is 10.0 Å². The molecule has 3 rings (SSSR count). The molecular formula is C11H14N4O3S2. The van der Waals surface area contributed by atoms with Crippen LogP contribution in [0.2, 0.25) is 0 Å². The van der Waals surface area contributed by atoms with Crippen molar-refractivity contribution in [1.29, 1.82) is 0 Å². The van der Waals surface area contributed by atoms with Crippen LogP contribution in [-0.2, 0) is 27.9 Å². The first kappa shape index (κ1) is 13.7. The number of fused-ring (bicyclic) bond motifs is 1. The van der Waals surface area contributed by atoms with Gasteiger partial charge < -0.3 is 4.74 Å². The first-order valence-corrected chi connectivity index (χ1v) is 8.87. The lowest BCUT2D eigenvalue weighted by Crippen LogP contribution is -2.38. The fraction of sp³-hybridized carbons (Fsp3) is 0.455. The van der Waals surface area contributed by atoms with Crippen LogP contribution in [0.3, 0.4) is 0 Å². The van der Waals surface area contributed by atoms with Crippen LogP contribution in [0.25, 0.3) is 11.3 Å². The maximum absolute atomic E-state index is 11.1. The summed E-state index contributed by atoms with van der Waals surface area (Å²) in [5.74, 6) is 0. The van der Waals surface area contributed by atoms with Crippen LogP contribution in [0.5, 0.6) is 0 Å². The maximum atomic E-state index is 11.1. The zero-order chi connectivity index (χ0) is 14.2. The highest BCUT2D eigenvalue weighted by molar-refractivity contribution is 7.88. The molecule has 1 aliphatic rings. The van der Waals surface area contributed by atoms with Gasteiger partial charge in [-0.25, -0.2) is 17.8 Å². The minimum Gasteiger partial charge on any atom is -0.369 e. The topological polar surface area (TPSA) is 86.1 Å². The average molecular weight is 314 g/mol. The van der Waals surface area contributed by atoms with E-state index in [0.29, 0.717) is 13.2 Å². The lowest BCUT2D eigenvalue weighted by molar-refractivity contribution is 0.00434. The van der Waals surface area contributed by atoms with Crippen LogP contribution in [0.4, 0.5) is 0 Å². The van der Waals surface area contributed by atoms with E-state index in [4.69, 9.17) is 4.74 Å². The number of rotatable bonds is 4. The largest absolute Gasteiger partial charge is 0.369 e. The molecule has 0 radical (unpaired) electrons. The fourth-order valence-electron chi connectivity index (χ4n) is 2.06. The van der Waals surface area contributed by atoms with E-state index >= 15 is 0 Å². The Morgan fingerprint density at radius 1 is 1.60 bits per heavy atom. The zero-order valence-corrected chi connectivity index (χ0v) is 12.4. The van der Waals surface area contributed by atoms with Gasteiger partial charge in [0.1, 0.15) is 5.69 Å². The molecule has 0 amide bonds. The van der Waals surface area contributed by atoms with Gasteiger partial charge in [0.25, 0.3) is 0 Å². The standard InChI is InChI=1S/C11H14N4O3S2/c1-20(16,17)12-4-9-5-15-10(6-18-9)11(13-14-15)8-2-3-19-7-8/h2-3,7,9,12H,4-6H2,1H3. The second-order valence-electron chi connectivity index (χ2n) is 4.63. The molecule has 0 saturated carbocycles. The molecule has 1 N–H and O–H groups in total. The summed E-state index contributed by atoms with van der Waals surface area (Å²) in [6, 6.07) is 1.99. The van der Waals surface area contributed by atoms with Gasteiger partial charge >= 0.3 is 0 Å².